The first-order valence-corrected chi connectivity index (χ1v) is 5.07. The summed E-state index contributed by atoms with van der Waals surface area (Å²) in [7, 11) is 1.06. The van der Waals surface area contributed by atoms with Gasteiger partial charge in [0.25, 0.3) is 0 Å². The van der Waals surface area contributed by atoms with Crippen LogP contribution in [0.2, 0.25) is 0 Å². The molecule has 0 saturated heterocycles. The fraction of sp³-hybridized carbons (Fsp3) is 0.417. The first kappa shape index (κ1) is 13.5. The lowest BCUT2D eigenvalue weighted by Gasteiger charge is -2.18. The van der Waals surface area contributed by atoms with Crippen LogP contribution in [-0.4, -0.2) is 13.1 Å². The third-order valence-electron chi connectivity index (χ3n) is 2.41. The Balaban J connectivity index is 3.51. The first-order chi connectivity index (χ1) is 7.79. The molecule has 0 radical (unpaired) electrons. The molecule has 1 aromatic carbocycles. The summed E-state index contributed by atoms with van der Waals surface area (Å²) in [5, 5.41) is 0. The Kier molecular flexibility index (Phi) is 3.80. The Bertz CT molecular complexity index is 422. The highest BCUT2D eigenvalue weighted by molar-refractivity contribution is 5.91. The number of halogens is 3. The van der Waals surface area contributed by atoms with Gasteiger partial charge in [0.05, 0.1) is 18.2 Å². The molecule has 0 aliphatic heterocycles. The lowest BCUT2D eigenvalue weighted by atomic mass is 9.93. The van der Waals surface area contributed by atoms with E-state index in [1.54, 1.807) is 13.8 Å². The van der Waals surface area contributed by atoms with Crippen LogP contribution < -0.4 is 0 Å². The minimum Gasteiger partial charge on any atom is -0.465 e. The predicted octanol–water partition coefficient (Wildman–Crippen LogP) is 3.62. The number of ether oxygens (including phenoxy) is 1. The highest BCUT2D eigenvalue weighted by Gasteiger charge is 2.38. The summed E-state index contributed by atoms with van der Waals surface area (Å²) in [5.41, 5.74) is -1.24. The Labute approximate surface area is 97.4 Å². The molecule has 0 aliphatic carbocycles. The molecule has 0 N–H and O–H groups in total. The Hall–Kier alpha value is -1.52. The van der Waals surface area contributed by atoms with Gasteiger partial charge >= 0.3 is 12.1 Å². The van der Waals surface area contributed by atoms with Gasteiger partial charge < -0.3 is 4.74 Å². The maximum absolute atomic E-state index is 13.0. The fourth-order valence-electron chi connectivity index (χ4n) is 1.65. The minimum atomic E-state index is -4.57. The van der Waals surface area contributed by atoms with Gasteiger partial charge in [0.2, 0.25) is 0 Å². The lowest BCUT2D eigenvalue weighted by molar-refractivity contribution is -0.138. The summed E-state index contributed by atoms with van der Waals surface area (Å²) >= 11 is 0. The molecule has 0 spiro atoms. The van der Waals surface area contributed by atoms with E-state index in [1.165, 1.54) is 12.1 Å². The minimum absolute atomic E-state index is 0.0976. The highest BCUT2D eigenvalue weighted by Crippen LogP contribution is 2.37. The zero-order chi connectivity index (χ0) is 13.2. The molecule has 2 nitrogen and oxygen atoms in total. The summed E-state index contributed by atoms with van der Waals surface area (Å²) in [5.74, 6) is -1.30. The molecule has 0 aromatic heterocycles. The van der Waals surface area contributed by atoms with Gasteiger partial charge in [0.15, 0.2) is 0 Å². The quantitative estimate of drug-likeness (QED) is 0.745. The summed E-state index contributed by atoms with van der Waals surface area (Å²) in [4.78, 5) is 11.3. The lowest BCUT2D eigenvalue weighted by Crippen LogP contribution is -2.17. The Morgan fingerprint density at radius 3 is 2.29 bits per heavy atom. The zero-order valence-electron chi connectivity index (χ0n) is 9.76. The topological polar surface area (TPSA) is 26.3 Å². The van der Waals surface area contributed by atoms with Crippen LogP contribution in [0.1, 0.15) is 41.3 Å². The summed E-state index contributed by atoms with van der Waals surface area (Å²) in [6.07, 6.45) is -4.57. The van der Waals surface area contributed by atoms with Crippen LogP contribution >= 0.6 is 0 Å². The average molecular weight is 246 g/mol. The van der Waals surface area contributed by atoms with E-state index < -0.39 is 23.3 Å². The average Bonchev–Trinajstić information content (AvgIpc) is 2.25. The number of alkyl halides is 3. The van der Waals surface area contributed by atoms with E-state index in [0.29, 0.717) is 0 Å². The van der Waals surface area contributed by atoms with Gasteiger partial charge in [-0.15, -0.1) is 0 Å². The van der Waals surface area contributed by atoms with Gasteiger partial charge in [-0.25, -0.2) is 4.79 Å². The summed E-state index contributed by atoms with van der Waals surface area (Å²) < 4.78 is 43.2. The number of methoxy groups -OCH3 is 1. The van der Waals surface area contributed by atoms with Crippen LogP contribution in [0, 0.1) is 0 Å². The highest BCUT2D eigenvalue weighted by atomic mass is 19.4. The van der Waals surface area contributed by atoms with Crippen molar-refractivity contribution in [2.24, 2.45) is 0 Å². The van der Waals surface area contributed by atoms with Crippen molar-refractivity contribution in [2.45, 2.75) is 25.9 Å². The smallest absolute Gasteiger partial charge is 0.417 e. The number of carbonyl (C=O) groups is 1. The molecule has 0 unspecified atom stereocenters. The number of rotatable bonds is 2. The number of hydrogen-bond acceptors (Lipinski definition) is 2. The predicted molar refractivity (Wildman–Crippen MR) is 56.9 cm³/mol. The second-order valence-corrected chi connectivity index (χ2v) is 3.91. The van der Waals surface area contributed by atoms with E-state index in [0.717, 1.165) is 13.2 Å². The second kappa shape index (κ2) is 4.77. The molecule has 0 amide bonds. The fourth-order valence-corrected chi connectivity index (χ4v) is 1.65. The monoisotopic (exact) mass is 246 g/mol. The molecule has 17 heavy (non-hydrogen) atoms. The van der Waals surface area contributed by atoms with E-state index in [4.69, 9.17) is 0 Å². The van der Waals surface area contributed by atoms with Gasteiger partial charge in [-0.1, -0.05) is 26.0 Å². The van der Waals surface area contributed by atoms with E-state index >= 15 is 0 Å². The van der Waals surface area contributed by atoms with Crippen LogP contribution in [0.4, 0.5) is 13.2 Å². The third-order valence-corrected chi connectivity index (χ3v) is 2.41. The van der Waals surface area contributed by atoms with Crippen LogP contribution in [0.25, 0.3) is 0 Å². The van der Waals surface area contributed by atoms with E-state index in [9.17, 15) is 18.0 Å². The first-order valence-electron chi connectivity index (χ1n) is 5.07. The molecule has 0 bridgehead atoms. The standard InChI is InChI=1S/C12H13F3O2/c1-7(2)8-5-4-6-9(11(16)17-3)10(8)12(13,14)15/h4-7H,1-3H3. The van der Waals surface area contributed by atoms with Crippen molar-refractivity contribution < 1.29 is 22.7 Å². The summed E-state index contributed by atoms with van der Waals surface area (Å²) in [6.45, 7) is 3.29. The normalized spacial score (nSPS) is 11.7. The maximum atomic E-state index is 13.0. The van der Waals surface area contributed by atoms with Gasteiger partial charge in [0, 0.05) is 0 Å². The third kappa shape index (κ3) is 2.78. The molecular weight excluding hydrogens is 233 g/mol. The Morgan fingerprint density at radius 2 is 1.88 bits per heavy atom. The van der Waals surface area contributed by atoms with Crippen molar-refractivity contribution in [3.05, 3.63) is 34.9 Å². The molecule has 1 rings (SSSR count). The van der Waals surface area contributed by atoms with Crippen molar-refractivity contribution in [3.8, 4) is 0 Å². The molecule has 0 aliphatic rings. The van der Waals surface area contributed by atoms with Gasteiger partial charge in [-0.2, -0.15) is 13.2 Å². The van der Waals surface area contributed by atoms with E-state index in [2.05, 4.69) is 4.74 Å². The van der Waals surface area contributed by atoms with Crippen molar-refractivity contribution in [1.29, 1.82) is 0 Å². The Morgan fingerprint density at radius 1 is 1.29 bits per heavy atom. The molecule has 94 valence electrons. The van der Waals surface area contributed by atoms with Crippen LogP contribution in [-0.2, 0) is 10.9 Å². The van der Waals surface area contributed by atoms with Crippen LogP contribution in [0.5, 0.6) is 0 Å². The van der Waals surface area contributed by atoms with E-state index in [-0.39, 0.29) is 11.5 Å². The molecule has 5 heteroatoms. The van der Waals surface area contributed by atoms with Crippen molar-refractivity contribution in [2.75, 3.05) is 7.11 Å². The zero-order valence-corrected chi connectivity index (χ0v) is 9.76. The SMILES string of the molecule is COC(=O)c1cccc(C(C)C)c1C(F)(F)F. The molecule has 0 atom stereocenters. The van der Waals surface area contributed by atoms with Gasteiger partial charge in [-0.3, -0.25) is 0 Å². The largest absolute Gasteiger partial charge is 0.465 e. The molecule has 0 saturated carbocycles. The number of carbonyl (C=O) groups excluding carboxylic acids is 1. The van der Waals surface area contributed by atoms with Crippen LogP contribution in [0.3, 0.4) is 0 Å². The molecule has 0 heterocycles. The number of esters is 1. The maximum Gasteiger partial charge on any atom is 0.417 e. The van der Waals surface area contributed by atoms with E-state index in [1.807, 2.05) is 0 Å². The van der Waals surface area contributed by atoms with Crippen molar-refractivity contribution in [1.82, 2.24) is 0 Å². The van der Waals surface area contributed by atoms with Crippen LogP contribution in [0.15, 0.2) is 18.2 Å². The van der Waals surface area contributed by atoms with Crippen molar-refractivity contribution in [3.63, 3.8) is 0 Å². The van der Waals surface area contributed by atoms with Gasteiger partial charge in [0.1, 0.15) is 0 Å². The van der Waals surface area contributed by atoms with Crippen molar-refractivity contribution >= 4 is 5.97 Å². The number of benzene rings is 1. The second-order valence-electron chi connectivity index (χ2n) is 3.91. The summed E-state index contributed by atoms with van der Waals surface area (Å²) in [6, 6.07) is 3.93. The number of hydrogen-bond donors (Lipinski definition) is 0. The molecule has 0 fully saturated rings. The molecule has 1 aromatic rings. The molecular formula is C12H13F3O2. The van der Waals surface area contributed by atoms with Gasteiger partial charge in [-0.05, 0) is 17.5 Å².